The third-order valence-electron chi connectivity index (χ3n) is 10.4. The zero-order chi connectivity index (χ0) is 36.6. The summed E-state index contributed by atoms with van der Waals surface area (Å²) >= 11 is 2.74. The van der Waals surface area contributed by atoms with Gasteiger partial charge in [-0.1, -0.05) is 13.3 Å². The first-order chi connectivity index (χ1) is 25.3. The number of ether oxygens (including phenoxy) is 1. The Morgan fingerprint density at radius 1 is 0.788 bits per heavy atom. The molecule has 0 aliphatic carbocycles. The van der Waals surface area contributed by atoms with Crippen LogP contribution < -0.4 is 26.5 Å². The molecule has 2 fully saturated rings. The molecule has 52 heavy (non-hydrogen) atoms. The molecular formula is C38H52N6O6S2. The van der Waals surface area contributed by atoms with Gasteiger partial charge in [0.15, 0.2) is 0 Å². The van der Waals surface area contributed by atoms with E-state index in [1.807, 2.05) is 18.4 Å². The highest BCUT2D eigenvalue weighted by atomic mass is 32.1. The summed E-state index contributed by atoms with van der Waals surface area (Å²) in [6.07, 6.45) is 7.95. The molecule has 2 aliphatic heterocycles. The minimum Gasteiger partial charge on any atom is -0.506 e. The number of piperidine rings is 2. The van der Waals surface area contributed by atoms with E-state index >= 15 is 0 Å². The van der Waals surface area contributed by atoms with Crippen LogP contribution in [0.25, 0.3) is 20.4 Å². The number of amides is 2. The highest BCUT2D eigenvalue weighted by molar-refractivity contribution is 7.17. The Labute approximate surface area is 312 Å². The Balaban J connectivity index is 1.13. The predicted octanol–water partition coefficient (Wildman–Crippen LogP) is 5.09. The molecule has 2 saturated heterocycles. The van der Waals surface area contributed by atoms with Gasteiger partial charge in [-0.05, 0) is 120 Å². The molecule has 12 nitrogen and oxygen atoms in total. The molecule has 0 saturated carbocycles. The SMILES string of the molecule is CCn1c(=O)c(C(=O)NCCCN2CCCCC2)c(OCCCn2c(=O)c(C(=O)NCCCN3CCC(C)CC3)c(O)c3ccsc32)c2ccsc21. The zero-order valence-corrected chi connectivity index (χ0v) is 32.0. The Morgan fingerprint density at radius 3 is 2.02 bits per heavy atom. The fourth-order valence-electron chi connectivity index (χ4n) is 7.39. The van der Waals surface area contributed by atoms with Gasteiger partial charge in [-0.25, -0.2) is 0 Å². The van der Waals surface area contributed by atoms with Crippen LogP contribution in [-0.2, 0) is 13.1 Å². The van der Waals surface area contributed by atoms with Crippen LogP contribution in [0.3, 0.4) is 0 Å². The summed E-state index contributed by atoms with van der Waals surface area (Å²) in [5.74, 6) is -0.347. The van der Waals surface area contributed by atoms with Gasteiger partial charge in [-0.3, -0.25) is 28.3 Å². The third-order valence-corrected chi connectivity index (χ3v) is 12.3. The molecule has 6 rings (SSSR count). The van der Waals surface area contributed by atoms with Crippen LogP contribution in [-0.4, -0.2) is 94.8 Å². The minimum absolute atomic E-state index is 0.0121. The predicted molar refractivity (Wildman–Crippen MR) is 209 cm³/mol. The number of hydrogen-bond acceptors (Lipinski definition) is 10. The van der Waals surface area contributed by atoms with Crippen molar-refractivity contribution in [2.45, 2.75) is 78.3 Å². The van der Waals surface area contributed by atoms with Crippen molar-refractivity contribution < 1.29 is 19.4 Å². The lowest BCUT2D eigenvalue weighted by molar-refractivity contribution is 0.0937. The van der Waals surface area contributed by atoms with Gasteiger partial charge in [0.05, 0.1) is 17.4 Å². The number of rotatable bonds is 16. The first kappa shape index (κ1) is 38.0. The maximum atomic E-state index is 13.7. The number of nitrogens with one attached hydrogen (secondary N) is 2. The summed E-state index contributed by atoms with van der Waals surface area (Å²) < 4.78 is 9.39. The Kier molecular flexibility index (Phi) is 13.1. The molecular weight excluding hydrogens is 701 g/mol. The second-order valence-electron chi connectivity index (χ2n) is 14.1. The lowest BCUT2D eigenvalue weighted by atomic mass is 9.99. The third kappa shape index (κ3) is 8.56. The second-order valence-corrected chi connectivity index (χ2v) is 15.8. The molecule has 3 N–H and O–H groups in total. The van der Waals surface area contributed by atoms with Crippen LogP contribution in [0, 0.1) is 5.92 Å². The topological polar surface area (TPSA) is 138 Å². The summed E-state index contributed by atoms with van der Waals surface area (Å²) in [5.41, 5.74) is -1.23. The zero-order valence-electron chi connectivity index (χ0n) is 30.4. The minimum atomic E-state index is -0.587. The molecule has 6 heterocycles. The van der Waals surface area contributed by atoms with E-state index in [-0.39, 0.29) is 35.8 Å². The van der Waals surface area contributed by atoms with Crippen molar-refractivity contribution in [3.05, 3.63) is 54.7 Å². The molecule has 0 atom stereocenters. The first-order valence-corrected chi connectivity index (χ1v) is 20.6. The average Bonchev–Trinajstić information content (AvgIpc) is 3.84. The van der Waals surface area contributed by atoms with Crippen LogP contribution in [0.5, 0.6) is 11.5 Å². The normalized spacial score (nSPS) is 16.1. The molecule has 0 unspecified atom stereocenters. The molecule has 0 spiro atoms. The molecule has 4 aromatic heterocycles. The monoisotopic (exact) mass is 752 g/mol. The number of aryl methyl sites for hydroxylation is 2. The van der Waals surface area contributed by atoms with Crippen molar-refractivity contribution >= 4 is 54.9 Å². The fraction of sp³-hybridized carbons (Fsp3) is 0.579. The number of pyridine rings is 2. The number of carbonyl (C=O) groups excluding carboxylic acids is 2. The summed E-state index contributed by atoms with van der Waals surface area (Å²) in [7, 11) is 0. The number of fused-ring (bicyclic) bond motifs is 2. The van der Waals surface area contributed by atoms with Crippen LogP contribution >= 0.6 is 22.7 Å². The number of carbonyl (C=O) groups is 2. The van der Waals surface area contributed by atoms with Crippen LogP contribution in [0.1, 0.15) is 85.9 Å². The summed E-state index contributed by atoms with van der Waals surface area (Å²) in [6.45, 7) is 11.8. The lowest BCUT2D eigenvalue weighted by Gasteiger charge is -2.30. The highest BCUT2D eigenvalue weighted by Gasteiger charge is 2.26. The van der Waals surface area contributed by atoms with E-state index in [1.54, 1.807) is 16.0 Å². The molecule has 0 aromatic carbocycles. The fourth-order valence-corrected chi connectivity index (χ4v) is 9.28. The van der Waals surface area contributed by atoms with Crippen molar-refractivity contribution in [1.29, 1.82) is 0 Å². The van der Waals surface area contributed by atoms with Gasteiger partial charge in [0, 0.05) is 26.2 Å². The van der Waals surface area contributed by atoms with E-state index in [1.165, 1.54) is 59.3 Å². The maximum Gasteiger partial charge on any atom is 0.268 e. The lowest BCUT2D eigenvalue weighted by Crippen LogP contribution is -2.37. The highest BCUT2D eigenvalue weighted by Crippen LogP contribution is 2.33. The van der Waals surface area contributed by atoms with Gasteiger partial charge in [-0.2, -0.15) is 0 Å². The van der Waals surface area contributed by atoms with Crippen molar-refractivity contribution in [1.82, 2.24) is 29.6 Å². The van der Waals surface area contributed by atoms with E-state index in [2.05, 4.69) is 27.4 Å². The second kappa shape index (κ2) is 17.9. The van der Waals surface area contributed by atoms with Gasteiger partial charge in [0.25, 0.3) is 22.9 Å². The quantitative estimate of drug-likeness (QED) is 0.135. The number of likely N-dealkylation sites (tertiary alicyclic amines) is 2. The largest absolute Gasteiger partial charge is 0.506 e. The number of hydrogen-bond donors (Lipinski definition) is 3. The molecule has 2 amide bonds. The summed E-state index contributed by atoms with van der Waals surface area (Å²) in [4.78, 5) is 60.4. The van der Waals surface area contributed by atoms with E-state index in [0.717, 1.165) is 62.9 Å². The maximum absolute atomic E-state index is 13.7. The van der Waals surface area contributed by atoms with E-state index in [0.29, 0.717) is 41.7 Å². The molecule has 4 aromatic rings. The van der Waals surface area contributed by atoms with Gasteiger partial charge < -0.3 is 30.3 Å². The van der Waals surface area contributed by atoms with Gasteiger partial charge in [-0.15, -0.1) is 22.7 Å². The number of thiophene rings is 2. The first-order valence-electron chi connectivity index (χ1n) is 18.9. The van der Waals surface area contributed by atoms with Crippen LogP contribution in [0.15, 0.2) is 32.5 Å². The van der Waals surface area contributed by atoms with Gasteiger partial charge in [0.1, 0.15) is 32.3 Å². The van der Waals surface area contributed by atoms with Gasteiger partial charge >= 0.3 is 0 Å². The van der Waals surface area contributed by atoms with Crippen molar-refractivity contribution in [2.75, 3.05) is 59.0 Å². The Hall–Kier alpha value is -3.72. The van der Waals surface area contributed by atoms with Crippen molar-refractivity contribution in [3.8, 4) is 11.5 Å². The van der Waals surface area contributed by atoms with Crippen molar-refractivity contribution in [2.24, 2.45) is 5.92 Å². The van der Waals surface area contributed by atoms with Crippen LogP contribution in [0.4, 0.5) is 0 Å². The van der Waals surface area contributed by atoms with E-state index < -0.39 is 22.9 Å². The molecule has 282 valence electrons. The number of aromatic hydroxyl groups is 1. The van der Waals surface area contributed by atoms with Crippen LogP contribution in [0.2, 0.25) is 0 Å². The van der Waals surface area contributed by atoms with E-state index in [9.17, 15) is 24.3 Å². The smallest absolute Gasteiger partial charge is 0.268 e. The number of nitrogens with zero attached hydrogens (tertiary/aromatic N) is 4. The standard InChI is InChI=1S/C38H52N6O6S2/c1-3-43-36(49)30(34(47)40-15-7-18-41-16-5-4-6-17-41)32(28-13-25-52-38(28)43)50-23-9-20-44-35(48)29(31(45)27-12-24-51-37(27)44)33(46)39-14-8-19-42-21-10-26(2)11-22-42/h12-13,24-26,45H,3-11,14-23H2,1-2H3,(H,39,46)(H,40,47). The number of aromatic nitrogens is 2. The van der Waals surface area contributed by atoms with Gasteiger partial charge in [0.2, 0.25) is 0 Å². The Bertz CT molecular complexity index is 1970. The molecule has 0 bridgehead atoms. The summed E-state index contributed by atoms with van der Waals surface area (Å²) in [5, 5.41) is 21.6. The molecule has 14 heteroatoms. The Morgan fingerprint density at radius 2 is 1.37 bits per heavy atom. The van der Waals surface area contributed by atoms with E-state index in [4.69, 9.17) is 4.74 Å². The molecule has 0 radical (unpaired) electrons. The average molecular weight is 753 g/mol. The summed E-state index contributed by atoms with van der Waals surface area (Å²) in [6, 6.07) is 3.58. The van der Waals surface area contributed by atoms with Crippen molar-refractivity contribution in [3.63, 3.8) is 0 Å². The molecule has 2 aliphatic rings.